The molecule has 3 nitrogen and oxygen atoms in total. The van der Waals surface area contributed by atoms with Crippen LogP contribution < -0.4 is 5.73 Å². The third kappa shape index (κ3) is 4.67. The van der Waals surface area contributed by atoms with Crippen LogP contribution in [0.15, 0.2) is 18.2 Å². The molecular weight excluding hydrogens is 238 g/mol. The van der Waals surface area contributed by atoms with E-state index in [1.165, 1.54) is 11.1 Å². The van der Waals surface area contributed by atoms with E-state index in [0.717, 1.165) is 5.56 Å². The lowest BCUT2D eigenvalue weighted by atomic mass is 9.92. The number of carbonyl (C=O) groups is 1. The van der Waals surface area contributed by atoms with Gasteiger partial charge in [0.25, 0.3) is 0 Å². The SMILES string of the molecule is Cc1ccc(C[C@](C)(N)C(=O)OC(C)(C)C)cc1C. The first-order chi connectivity index (χ1) is 8.51. The Labute approximate surface area is 116 Å². The van der Waals surface area contributed by atoms with E-state index < -0.39 is 11.1 Å². The summed E-state index contributed by atoms with van der Waals surface area (Å²) < 4.78 is 5.36. The third-order valence-electron chi connectivity index (χ3n) is 3.01. The molecule has 19 heavy (non-hydrogen) atoms. The summed E-state index contributed by atoms with van der Waals surface area (Å²) in [5.74, 6) is -0.363. The highest BCUT2D eigenvalue weighted by molar-refractivity contribution is 5.80. The Kier molecular flexibility index (Phi) is 4.41. The summed E-state index contributed by atoms with van der Waals surface area (Å²) in [6, 6.07) is 6.14. The van der Waals surface area contributed by atoms with Gasteiger partial charge in [0, 0.05) is 6.42 Å². The minimum atomic E-state index is -1.00. The highest BCUT2D eigenvalue weighted by Crippen LogP contribution is 2.18. The predicted molar refractivity (Wildman–Crippen MR) is 78.1 cm³/mol. The van der Waals surface area contributed by atoms with Gasteiger partial charge in [-0.1, -0.05) is 18.2 Å². The standard InChI is InChI=1S/C16H25NO2/c1-11-7-8-13(9-12(11)2)10-16(6,17)14(18)19-15(3,4)5/h7-9H,10,17H2,1-6H3/t16-/m0/s1. The van der Waals surface area contributed by atoms with E-state index in [0.29, 0.717) is 6.42 Å². The molecule has 0 aliphatic carbocycles. The van der Waals surface area contributed by atoms with Crippen molar-refractivity contribution >= 4 is 5.97 Å². The van der Waals surface area contributed by atoms with E-state index in [1.54, 1.807) is 6.92 Å². The fraction of sp³-hybridized carbons (Fsp3) is 0.562. The molecule has 0 saturated carbocycles. The van der Waals surface area contributed by atoms with Crippen LogP contribution in [-0.2, 0) is 16.0 Å². The normalized spacial score (nSPS) is 14.9. The fourth-order valence-corrected chi connectivity index (χ4v) is 1.80. The monoisotopic (exact) mass is 263 g/mol. The molecule has 0 saturated heterocycles. The van der Waals surface area contributed by atoms with E-state index in [1.807, 2.05) is 26.8 Å². The molecule has 0 aromatic heterocycles. The van der Waals surface area contributed by atoms with Crippen LogP contribution in [0.5, 0.6) is 0 Å². The maximum Gasteiger partial charge on any atom is 0.326 e. The fourth-order valence-electron chi connectivity index (χ4n) is 1.80. The van der Waals surface area contributed by atoms with Gasteiger partial charge in [-0.25, -0.2) is 0 Å². The zero-order valence-electron chi connectivity index (χ0n) is 12.8. The maximum absolute atomic E-state index is 12.1. The summed E-state index contributed by atoms with van der Waals surface area (Å²) in [5.41, 5.74) is 8.09. The number of carbonyl (C=O) groups excluding carboxylic acids is 1. The van der Waals surface area contributed by atoms with Crippen LogP contribution >= 0.6 is 0 Å². The van der Waals surface area contributed by atoms with Gasteiger partial charge in [0.05, 0.1) is 0 Å². The van der Waals surface area contributed by atoms with Crippen LogP contribution in [0, 0.1) is 13.8 Å². The second-order valence-electron chi connectivity index (χ2n) is 6.51. The first kappa shape index (κ1) is 15.7. The molecule has 0 fully saturated rings. The third-order valence-corrected chi connectivity index (χ3v) is 3.01. The Bertz CT molecular complexity index is 470. The van der Waals surface area contributed by atoms with Crippen molar-refractivity contribution in [2.75, 3.05) is 0 Å². The minimum Gasteiger partial charge on any atom is -0.459 e. The molecule has 106 valence electrons. The molecule has 0 amide bonds. The molecular formula is C16H25NO2. The molecule has 0 unspecified atom stereocenters. The highest BCUT2D eigenvalue weighted by Gasteiger charge is 2.33. The lowest BCUT2D eigenvalue weighted by Gasteiger charge is -2.28. The lowest BCUT2D eigenvalue weighted by molar-refractivity contribution is -0.160. The van der Waals surface area contributed by atoms with Gasteiger partial charge in [0.2, 0.25) is 0 Å². The van der Waals surface area contributed by atoms with E-state index in [4.69, 9.17) is 10.5 Å². The Morgan fingerprint density at radius 2 is 1.74 bits per heavy atom. The van der Waals surface area contributed by atoms with Gasteiger partial charge >= 0.3 is 5.97 Å². The Hall–Kier alpha value is -1.35. The number of benzene rings is 1. The number of hydrogen-bond acceptors (Lipinski definition) is 3. The van der Waals surface area contributed by atoms with E-state index in [2.05, 4.69) is 26.0 Å². The summed E-state index contributed by atoms with van der Waals surface area (Å²) in [5, 5.41) is 0. The molecule has 3 heteroatoms. The molecule has 0 aliphatic rings. The van der Waals surface area contributed by atoms with Crippen molar-refractivity contribution in [1.82, 2.24) is 0 Å². The molecule has 1 aromatic carbocycles. The topological polar surface area (TPSA) is 52.3 Å². The van der Waals surface area contributed by atoms with Crippen LogP contribution in [0.4, 0.5) is 0 Å². The summed E-state index contributed by atoms with van der Waals surface area (Å²) in [7, 11) is 0. The predicted octanol–water partition coefficient (Wildman–Crippen LogP) is 2.91. The summed E-state index contributed by atoms with van der Waals surface area (Å²) in [6.45, 7) is 11.4. The number of nitrogens with two attached hydrogens (primary N) is 1. The van der Waals surface area contributed by atoms with E-state index >= 15 is 0 Å². The molecule has 1 atom stereocenters. The average Bonchev–Trinajstić information content (AvgIpc) is 2.20. The quantitative estimate of drug-likeness (QED) is 0.853. The van der Waals surface area contributed by atoms with Crippen molar-refractivity contribution in [1.29, 1.82) is 0 Å². The van der Waals surface area contributed by atoms with Crippen molar-refractivity contribution in [2.45, 2.75) is 59.1 Å². The van der Waals surface area contributed by atoms with Crippen molar-refractivity contribution in [2.24, 2.45) is 5.73 Å². The van der Waals surface area contributed by atoms with Crippen LogP contribution in [0.2, 0.25) is 0 Å². The van der Waals surface area contributed by atoms with Gasteiger partial charge < -0.3 is 10.5 Å². The van der Waals surface area contributed by atoms with Crippen molar-refractivity contribution in [3.05, 3.63) is 34.9 Å². The first-order valence-corrected chi connectivity index (χ1v) is 6.60. The Morgan fingerprint density at radius 1 is 1.16 bits per heavy atom. The zero-order valence-corrected chi connectivity index (χ0v) is 12.8. The molecule has 0 aliphatic heterocycles. The van der Waals surface area contributed by atoms with Gasteiger partial charge in [-0.3, -0.25) is 4.79 Å². The zero-order chi connectivity index (χ0) is 14.8. The maximum atomic E-state index is 12.1. The summed E-state index contributed by atoms with van der Waals surface area (Å²) in [6.07, 6.45) is 0.475. The molecule has 1 rings (SSSR count). The van der Waals surface area contributed by atoms with Crippen LogP contribution in [0.3, 0.4) is 0 Å². The van der Waals surface area contributed by atoms with Crippen LogP contribution in [-0.4, -0.2) is 17.1 Å². The minimum absolute atomic E-state index is 0.363. The van der Waals surface area contributed by atoms with E-state index in [-0.39, 0.29) is 5.97 Å². The molecule has 0 radical (unpaired) electrons. The lowest BCUT2D eigenvalue weighted by Crippen LogP contribution is -2.50. The highest BCUT2D eigenvalue weighted by atomic mass is 16.6. The summed E-state index contributed by atoms with van der Waals surface area (Å²) in [4.78, 5) is 12.1. The van der Waals surface area contributed by atoms with Crippen LogP contribution in [0.1, 0.15) is 44.4 Å². The molecule has 0 bridgehead atoms. The van der Waals surface area contributed by atoms with Gasteiger partial charge in [0.1, 0.15) is 11.1 Å². The number of ether oxygens (including phenoxy) is 1. The summed E-state index contributed by atoms with van der Waals surface area (Å²) >= 11 is 0. The second kappa shape index (κ2) is 5.33. The molecule has 0 spiro atoms. The van der Waals surface area contributed by atoms with Crippen molar-refractivity contribution in [3.63, 3.8) is 0 Å². The van der Waals surface area contributed by atoms with Crippen LogP contribution in [0.25, 0.3) is 0 Å². The Morgan fingerprint density at radius 3 is 2.21 bits per heavy atom. The Balaban J connectivity index is 2.83. The van der Waals surface area contributed by atoms with Gasteiger partial charge in [0.15, 0.2) is 0 Å². The number of rotatable bonds is 3. The molecule has 0 heterocycles. The second-order valence-corrected chi connectivity index (χ2v) is 6.51. The number of esters is 1. The smallest absolute Gasteiger partial charge is 0.326 e. The van der Waals surface area contributed by atoms with Crippen molar-refractivity contribution in [3.8, 4) is 0 Å². The molecule has 2 N–H and O–H groups in total. The molecule has 1 aromatic rings. The first-order valence-electron chi connectivity index (χ1n) is 6.60. The van der Waals surface area contributed by atoms with E-state index in [9.17, 15) is 4.79 Å². The average molecular weight is 263 g/mol. The van der Waals surface area contributed by atoms with Gasteiger partial charge in [-0.15, -0.1) is 0 Å². The number of hydrogen-bond donors (Lipinski definition) is 1. The van der Waals surface area contributed by atoms with Crippen molar-refractivity contribution < 1.29 is 9.53 Å². The number of aryl methyl sites for hydroxylation is 2. The largest absolute Gasteiger partial charge is 0.459 e. The van der Waals surface area contributed by atoms with Gasteiger partial charge in [-0.2, -0.15) is 0 Å². The van der Waals surface area contributed by atoms with Gasteiger partial charge in [-0.05, 0) is 58.2 Å².